The Balaban J connectivity index is 2.09. The molecule has 1 heterocycles. The summed E-state index contributed by atoms with van der Waals surface area (Å²) in [5.41, 5.74) is 0.554. The van der Waals surface area contributed by atoms with E-state index in [1.807, 2.05) is 18.7 Å². The monoisotopic (exact) mass is 352 g/mol. The predicted octanol–water partition coefficient (Wildman–Crippen LogP) is 3.17. The summed E-state index contributed by atoms with van der Waals surface area (Å²) in [5, 5.41) is 0. The van der Waals surface area contributed by atoms with Crippen molar-refractivity contribution in [3.8, 4) is 0 Å². The Morgan fingerprint density at radius 1 is 1.08 bits per heavy atom. The molecule has 1 aromatic rings. The molecule has 134 valence electrons. The number of carbonyl (C=O) groups is 1. The molecule has 6 heteroatoms. The minimum Gasteiger partial charge on any atom is -0.339 e. The van der Waals surface area contributed by atoms with Gasteiger partial charge in [0.2, 0.25) is 10.0 Å². The van der Waals surface area contributed by atoms with Crippen molar-refractivity contribution in [2.75, 3.05) is 13.1 Å². The number of sulfonamides is 1. The first-order valence-electron chi connectivity index (χ1n) is 8.85. The Morgan fingerprint density at radius 3 is 2.17 bits per heavy atom. The van der Waals surface area contributed by atoms with Gasteiger partial charge in [-0.25, -0.2) is 13.1 Å². The fourth-order valence-electron chi connectivity index (χ4n) is 2.83. The highest BCUT2D eigenvalue weighted by Crippen LogP contribution is 2.16. The van der Waals surface area contributed by atoms with Gasteiger partial charge in [0, 0.05) is 24.7 Å². The van der Waals surface area contributed by atoms with Gasteiger partial charge in [0.05, 0.1) is 4.90 Å². The molecule has 1 N–H and O–H groups in total. The number of carbonyl (C=O) groups excluding carboxylic acids is 1. The van der Waals surface area contributed by atoms with Gasteiger partial charge >= 0.3 is 0 Å². The maximum atomic E-state index is 12.6. The third-order valence-electron chi connectivity index (χ3n) is 4.52. The SMILES string of the molecule is CCC(C)NS(=O)(=O)c1ccc(C(=O)N2CCCCCCC2)cc1. The molecule has 2 rings (SSSR count). The van der Waals surface area contributed by atoms with Crippen LogP contribution in [-0.4, -0.2) is 38.4 Å². The van der Waals surface area contributed by atoms with E-state index in [0.29, 0.717) is 5.56 Å². The summed E-state index contributed by atoms with van der Waals surface area (Å²) in [4.78, 5) is 14.7. The largest absolute Gasteiger partial charge is 0.339 e. The topological polar surface area (TPSA) is 66.5 Å². The van der Waals surface area contributed by atoms with E-state index < -0.39 is 10.0 Å². The van der Waals surface area contributed by atoms with E-state index in [0.717, 1.165) is 32.4 Å². The minimum absolute atomic E-state index is 0.00395. The Kier molecular flexibility index (Phi) is 6.80. The summed E-state index contributed by atoms with van der Waals surface area (Å²) in [6.07, 6.45) is 6.39. The van der Waals surface area contributed by atoms with Crippen LogP contribution in [0.15, 0.2) is 29.2 Å². The summed E-state index contributed by atoms with van der Waals surface area (Å²) >= 11 is 0. The van der Waals surface area contributed by atoms with E-state index in [-0.39, 0.29) is 16.8 Å². The number of hydrogen-bond donors (Lipinski definition) is 1. The van der Waals surface area contributed by atoms with E-state index in [4.69, 9.17) is 0 Å². The standard InChI is InChI=1S/C18H28N2O3S/c1-3-15(2)19-24(22,23)17-11-9-16(10-12-17)18(21)20-13-7-5-4-6-8-14-20/h9-12,15,19H,3-8,13-14H2,1-2H3. The smallest absolute Gasteiger partial charge is 0.253 e. The maximum Gasteiger partial charge on any atom is 0.253 e. The molecule has 0 aromatic heterocycles. The fourth-order valence-corrected chi connectivity index (χ4v) is 4.15. The van der Waals surface area contributed by atoms with Crippen LogP contribution in [0.25, 0.3) is 0 Å². The third-order valence-corrected chi connectivity index (χ3v) is 6.13. The molecular formula is C18H28N2O3S. The van der Waals surface area contributed by atoms with Crippen LogP contribution < -0.4 is 4.72 Å². The van der Waals surface area contributed by atoms with E-state index >= 15 is 0 Å². The lowest BCUT2D eigenvalue weighted by molar-refractivity contribution is 0.0742. The molecule has 1 atom stereocenters. The highest BCUT2D eigenvalue weighted by Gasteiger charge is 2.19. The second-order valence-corrected chi connectivity index (χ2v) is 8.23. The first-order chi connectivity index (χ1) is 11.4. The quantitative estimate of drug-likeness (QED) is 0.885. The zero-order chi connectivity index (χ0) is 17.6. The molecule has 5 nitrogen and oxygen atoms in total. The lowest BCUT2D eigenvalue weighted by Gasteiger charge is -2.25. The average Bonchev–Trinajstić information content (AvgIpc) is 2.53. The van der Waals surface area contributed by atoms with Crippen molar-refractivity contribution >= 4 is 15.9 Å². The maximum absolute atomic E-state index is 12.6. The van der Waals surface area contributed by atoms with Gasteiger partial charge in [0.25, 0.3) is 5.91 Å². The molecule has 1 aliphatic rings. The van der Waals surface area contributed by atoms with Crippen molar-refractivity contribution in [3.05, 3.63) is 29.8 Å². The van der Waals surface area contributed by atoms with Crippen molar-refractivity contribution < 1.29 is 13.2 Å². The Labute approximate surface area is 145 Å². The Morgan fingerprint density at radius 2 is 1.62 bits per heavy atom. The Bertz CT molecular complexity index is 633. The number of likely N-dealkylation sites (tertiary alicyclic amines) is 1. The molecule has 1 fully saturated rings. The summed E-state index contributed by atoms with van der Waals surface area (Å²) in [7, 11) is -3.52. The highest BCUT2D eigenvalue weighted by atomic mass is 32.2. The molecule has 0 saturated carbocycles. The van der Waals surface area contributed by atoms with Crippen molar-refractivity contribution in [2.45, 2.75) is 63.3 Å². The fraction of sp³-hybridized carbons (Fsp3) is 0.611. The second kappa shape index (κ2) is 8.62. The summed E-state index contributed by atoms with van der Waals surface area (Å²) in [6, 6.07) is 6.15. The molecule has 0 aliphatic carbocycles. The average molecular weight is 353 g/mol. The van der Waals surface area contributed by atoms with Gasteiger partial charge in [0.15, 0.2) is 0 Å². The van der Waals surface area contributed by atoms with Gasteiger partial charge in [-0.1, -0.05) is 26.2 Å². The number of nitrogens with one attached hydrogen (secondary N) is 1. The van der Waals surface area contributed by atoms with Gasteiger partial charge in [-0.05, 0) is 50.5 Å². The molecule has 1 unspecified atom stereocenters. The van der Waals surface area contributed by atoms with Crippen LogP contribution >= 0.6 is 0 Å². The second-order valence-electron chi connectivity index (χ2n) is 6.51. The van der Waals surface area contributed by atoms with Crippen LogP contribution in [0, 0.1) is 0 Å². The number of hydrogen-bond acceptors (Lipinski definition) is 3. The molecule has 0 radical (unpaired) electrons. The van der Waals surface area contributed by atoms with Crippen molar-refractivity contribution in [2.24, 2.45) is 0 Å². The zero-order valence-corrected chi connectivity index (χ0v) is 15.4. The van der Waals surface area contributed by atoms with Crippen molar-refractivity contribution in [1.82, 2.24) is 9.62 Å². The van der Waals surface area contributed by atoms with Crippen molar-refractivity contribution in [3.63, 3.8) is 0 Å². The number of benzene rings is 1. The minimum atomic E-state index is -3.52. The molecule has 1 saturated heterocycles. The first kappa shape index (κ1) is 18.9. The van der Waals surface area contributed by atoms with E-state index in [9.17, 15) is 13.2 Å². The molecule has 0 spiro atoms. The lowest BCUT2D eigenvalue weighted by Crippen LogP contribution is -2.34. The van der Waals surface area contributed by atoms with Gasteiger partial charge in [-0.3, -0.25) is 4.79 Å². The number of rotatable bonds is 5. The first-order valence-corrected chi connectivity index (χ1v) is 10.3. The lowest BCUT2D eigenvalue weighted by atomic mass is 10.1. The van der Waals surface area contributed by atoms with Crippen LogP contribution in [0.5, 0.6) is 0 Å². The van der Waals surface area contributed by atoms with Gasteiger partial charge < -0.3 is 4.90 Å². The van der Waals surface area contributed by atoms with Crippen LogP contribution in [-0.2, 0) is 10.0 Å². The molecular weight excluding hydrogens is 324 g/mol. The molecule has 1 amide bonds. The summed E-state index contributed by atoms with van der Waals surface area (Å²) in [6.45, 7) is 5.33. The van der Waals surface area contributed by atoms with E-state index in [1.54, 1.807) is 12.1 Å². The zero-order valence-electron chi connectivity index (χ0n) is 14.6. The van der Waals surface area contributed by atoms with Crippen LogP contribution in [0.4, 0.5) is 0 Å². The molecule has 1 aromatic carbocycles. The number of amides is 1. The van der Waals surface area contributed by atoms with Gasteiger partial charge in [-0.2, -0.15) is 0 Å². The van der Waals surface area contributed by atoms with Crippen LogP contribution in [0.1, 0.15) is 62.7 Å². The van der Waals surface area contributed by atoms with Crippen LogP contribution in [0.2, 0.25) is 0 Å². The third kappa shape index (κ3) is 5.05. The Hall–Kier alpha value is -1.40. The molecule has 1 aliphatic heterocycles. The normalized spacial score (nSPS) is 17.8. The number of nitrogens with zero attached hydrogens (tertiary/aromatic N) is 1. The molecule has 0 bridgehead atoms. The highest BCUT2D eigenvalue weighted by molar-refractivity contribution is 7.89. The van der Waals surface area contributed by atoms with Crippen LogP contribution in [0.3, 0.4) is 0 Å². The van der Waals surface area contributed by atoms with Gasteiger partial charge in [0.1, 0.15) is 0 Å². The van der Waals surface area contributed by atoms with E-state index in [1.165, 1.54) is 31.4 Å². The van der Waals surface area contributed by atoms with E-state index in [2.05, 4.69) is 4.72 Å². The summed E-state index contributed by atoms with van der Waals surface area (Å²) in [5.74, 6) is -0.00395. The van der Waals surface area contributed by atoms with Gasteiger partial charge in [-0.15, -0.1) is 0 Å². The molecule has 24 heavy (non-hydrogen) atoms. The predicted molar refractivity (Wildman–Crippen MR) is 95.5 cm³/mol. The summed E-state index contributed by atoms with van der Waals surface area (Å²) < 4.78 is 27.1. The van der Waals surface area contributed by atoms with Crippen molar-refractivity contribution in [1.29, 1.82) is 0 Å².